The molecule has 0 saturated heterocycles. The Morgan fingerprint density at radius 3 is 2.74 bits per heavy atom. The molecular weight excluding hydrogens is 366 g/mol. The molecule has 0 bridgehead atoms. The average Bonchev–Trinajstić information content (AvgIpc) is 2.68. The first-order valence-electron chi connectivity index (χ1n) is 8.19. The number of thioether (sulfide) groups is 1. The number of methoxy groups -OCH3 is 2. The van der Waals surface area contributed by atoms with Gasteiger partial charge in [0.15, 0.2) is 16.7 Å². The fourth-order valence-electron chi connectivity index (χ4n) is 3.12. The minimum atomic E-state index is -0.425. The van der Waals surface area contributed by atoms with Crippen molar-refractivity contribution in [1.82, 2.24) is 9.55 Å². The monoisotopic (exact) mass is 385 g/mol. The third kappa shape index (κ3) is 3.51. The highest BCUT2D eigenvalue weighted by Crippen LogP contribution is 2.39. The lowest BCUT2D eigenvalue weighted by atomic mass is 9.86. The number of nitrogens with one attached hydrogen (secondary N) is 1. The van der Waals surface area contributed by atoms with Crippen LogP contribution in [0.4, 0.5) is 5.82 Å². The van der Waals surface area contributed by atoms with E-state index < -0.39 is 5.92 Å². The second kappa shape index (κ2) is 7.76. The molecular formula is C19H19N3O4S. The van der Waals surface area contributed by atoms with Gasteiger partial charge in [-0.3, -0.25) is 9.59 Å². The Morgan fingerprint density at radius 1 is 1.33 bits per heavy atom. The Bertz CT molecular complexity index is 994. The van der Waals surface area contributed by atoms with Gasteiger partial charge < -0.3 is 19.4 Å². The smallest absolute Gasteiger partial charge is 0.279 e. The van der Waals surface area contributed by atoms with E-state index in [1.165, 1.54) is 11.8 Å². The molecule has 1 atom stereocenters. The number of hydrogen-bond acceptors (Lipinski definition) is 6. The van der Waals surface area contributed by atoms with Gasteiger partial charge in [0.05, 0.1) is 25.5 Å². The summed E-state index contributed by atoms with van der Waals surface area (Å²) in [4.78, 5) is 29.3. The third-order valence-electron chi connectivity index (χ3n) is 4.40. The van der Waals surface area contributed by atoms with Crippen molar-refractivity contribution < 1.29 is 14.3 Å². The van der Waals surface area contributed by atoms with E-state index in [1.54, 1.807) is 38.0 Å². The molecule has 0 fully saturated rings. The fourth-order valence-corrected chi connectivity index (χ4v) is 3.77. The summed E-state index contributed by atoms with van der Waals surface area (Å²) in [5, 5.41) is 3.26. The van der Waals surface area contributed by atoms with Gasteiger partial charge in [-0.15, -0.1) is 6.42 Å². The maximum atomic E-state index is 12.8. The minimum Gasteiger partial charge on any atom is -0.493 e. The summed E-state index contributed by atoms with van der Waals surface area (Å²) in [7, 11) is 4.84. The van der Waals surface area contributed by atoms with Crippen LogP contribution in [-0.4, -0.2) is 35.4 Å². The average molecular weight is 385 g/mol. The predicted octanol–water partition coefficient (Wildman–Crippen LogP) is 2.00. The molecule has 2 heterocycles. The maximum Gasteiger partial charge on any atom is 0.279 e. The number of carbonyl (C=O) groups is 1. The Morgan fingerprint density at radius 2 is 2.07 bits per heavy atom. The first-order chi connectivity index (χ1) is 13.0. The van der Waals surface area contributed by atoms with Gasteiger partial charge in [-0.25, -0.2) is 0 Å². The quantitative estimate of drug-likeness (QED) is 0.482. The van der Waals surface area contributed by atoms with Crippen molar-refractivity contribution in [1.29, 1.82) is 0 Å². The standard InChI is InChI=1S/C19H19N3O4S/c1-5-8-27-19-21-18(24)16-12(10-15(23)20-17(16)22(19)2)11-6-7-13(25-3)14(9-11)26-4/h1,6-7,9,12H,8,10H2,2-4H3,(H,20,23). The lowest BCUT2D eigenvalue weighted by Gasteiger charge is -2.27. The fraction of sp³-hybridized carbons (Fsp3) is 0.316. The molecule has 3 rings (SSSR count). The van der Waals surface area contributed by atoms with E-state index in [-0.39, 0.29) is 17.9 Å². The Balaban J connectivity index is 2.14. The van der Waals surface area contributed by atoms with Gasteiger partial charge in [0.2, 0.25) is 5.91 Å². The van der Waals surface area contributed by atoms with Gasteiger partial charge in [0.25, 0.3) is 5.56 Å². The molecule has 1 aliphatic rings. The number of rotatable bonds is 5. The molecule has 1 unspecified atom stereocenters. The van der Waals surface area contributed by atoms with Crippen molar-refractivity contribution in [3.8, 4) is 23.8 Å². The molecule has 0 aliphatic carbocycles. The van der Waals surface area contributed by atoms with E-state index in [0.29, 0.717) is 33.8 Å². The number of fused-ring (bicyclic) bond motifs is 1. The number of carbonyl (C=O) groups excluding carboxylic acids is 1. The van der Waals surface area contributed by atoms with Crippen LogP contribution < -0.4 is 20.3 Å². The van der Waals surface area contributed by atoms with E-state index >= 15 is 0 Å². The molecule has 1 amide bonds. The van der Waals surface area contributed by atoms with Crippen molar-refractivity contribution in [2.24, 2.45) is 7.05 Å². The third-order valence-corrected chi connectivity index (χ3v) is 5.33. The first kappa shape index (κ1) is 18.9. The van der Waals surface area contributed by atoms with Crippen LogP contribution in [0.1, 0.15) is 23.5 Å². The number of amides is 1. The molecule has 1 aromatic carbocycles. The maximum absolute atomic E-state index is 12.8. The van der Waals surface area contributed by atoms with Crippen molar-refractivity contribution in [2.45, 2.75) is 17.5 Å². The SMILES string of the molecule is C#CCSc1nc(=O)c2c(n1C)NC(=O)CC2c1ccc(OC)c(OC)c1. The van der Waals surface area contributed by atoms with E-state index in [0.717, 1.165) is 5.56 Å². The number of benzene rings is 1. The van der Waals surface area contributed by atoms with Crippen molar-refractivity contribution in [3.05, 3.63) is 39.7 Å². The highest BCUT2D eigenvalue weighted by atomic mass is 32.2. The number of ether oxygens (including phenoxy) is 2. The topological polar surface area (TPSA) is 82.5 Å². The number of hydrogen-bond donors (Lipinski definition) is 1. The number of anilines is 1. The summed E-state index contributed by atoms with van der Waals surface area (Å²) in [6, 6.07) is 5.37. The zero-order valence-corrected chi connectivity index (χ0v) is 16.1. The largest absolute Gasteiger partial charge is 0.493 e. The van der Waals surface area contributed by atoms with Crippen molar-refractivity contribution in [3.63, 3.8) is 0 Å². The summed E-state index contributed by atoms with van der Waals surface area (Å²) in [5.74, 6) is 3.85. The molecule has 1 N–H and O–H groups in total. The molecule has 0 radical (unpaired) electrons. The summed E-state index contributed by atoms with van der Waals surface area (Å²) in [6.45, 7) is 0. The summed E-state index contributed by atoms with van der Waals surface area (Å²) >= 11 is 1.27. The molecule has 1 aromatic heterocycles. The van der Waals surface area contributed by atoms with Crippen LogP contribution >= 0.6 is 11.8 Å². The Hall–Kier alpha value is -2.92. The zero-order chi connectivity index (χ0) is 19.6. The van der Waals surface area contributed by atoms with Crippen LogP contribution in [-0.2, 0) is 11.8 Å². The second-order valence-electron chi connectivity index (χ2n) is 5.93. The molecule has 8 heteroatoms. The normalized spacial score (nSPS) is 15.5. The van der Waals surface area contributed by atoms with Gasteiger partial charge in [0, 0.05) is 19.4 Å². The van der Waals surface area contributed by atoms with E-state index in [2.05, 4.69) is 16.2 Å². The van der Waals surface area contributed by atoms with Crippen LogP contribution in [0.3, 0.4) is 0 Å². The van der Waals surface area contributed by atoms with Crippen LogP contribution in [0.25, 0.3) is 0 Å². The van der Waals surface area contributed by atoms with Crippen LogP contribution in [0.15, 0.2) is 28.2 Å². The van der Waals surface area contributed by atoms with E-state index in [9.17, 15) is 9.59 Å². The van der Waals surface area contributed by atoms with Gasteiger partial charge in [0.1, 0.15) is 5.82 Å². The molecule has 1 aliphatic heterocycles. The molecule has 7 nitrogen and oxygen atoms in total. The number of nitrogens with zero attached hydrogens (tertiary/aromatic N) is 2. The number of terminal acetylenes is 1. The van der Waals surface area contributed by atoms with Gasteiger partial charge in [-0.2, -0.15) is 4.98 Å². The predicted molar refractivity (Wildman–Crippen MR) is 104 cm³/mol. The molecule has 140 valence electrons. The highest BCUT2D eigenvalue weighted by Gasteiger charge is 2.32. The molecule has 27 heavy (non-hydrogen) atoms. The van der Waals surface area contributed by atoms with Crippen molar-refractivity contribution in [2.75, 3.05) is 25.3 Å². The van der Waals surface area contributed by atoms with Gasteiger partial charge in [-0.05, 0) is 17.7 Å². The second-order valence-corrected chi connectivity index (χ2v) is 6.88. The van der Waals surface area contributed by atoms with E-state index in [4.69, 9.17) is 15.9 Å². The first-order valence-corrected chi connectivity index (χ1v) is 9.17. The lowest BCUT2D eigenvalue weighted by Crippen LogP contribution is -2.33. The summed E-state index contributed by atoms with van der Waals surface area (Å²) < 4.78 is 12.3. The van der Waals surface area contributed by atoms with Gasteiger partial charge >= 0.3 is 0 Å². The highest BCUT2D eigenvalue weighted by molar-refractivity contribution is 7.99. The van der Waals surface area contributed by atoms with Crippen LogP contribution in [0.2, 0.25) is 0 Å². The van der Waals surface area contributed by atoms with Crippen LogP contribution in [0.5, 0.6) is 11.5 Å². The molecule has 0 spiro atoms. The molecule has 2 aromatic rings. The zero-order valence-electron chi connectivity index (χ0n) is 15.2. The Kier molecular flexibility index (Phi) is 5.42. The van der Waals surface area contributed by atoms with Gasteiger partial charge in [-0.1, -0.05) is 23.7 Å². The molecule has 0 saturated carbocycles. The van der Waals surface area contributed by atoms with Crippen molar-refractivity contribution >= 4 is 23.5 Å². The van der Waals surface area contributed by atoms with Crippen LogP contribution in [0, 0.1) is 12.3 Å². The minimum absolute atomic E-state index is 0.149. The lowest BCUT2D eigenvalue weighted by molar-refractivity contribution is -0.116. The summed E-state index contributed by atoms with van der Waals surface area (Å²) in [5.41, 5.74) is 0.864. The number of aromatic nitrogens is 2. The Labute approximate surface area is 161 Å². The van der Waals surface area contributed by atoms with E-state index in [1.807, 2.05) is 6.07 Å². The summed E-state index contributed by atoms with van der Waals surface area (Å²) in [6.07, 6.45) is 5.44.